The van der Waals surface area contributed by atoms with E-state index in [1.165, 1.54) is 4.90 Å². The van der Waals surface area contributed by atoms with Crippen molar-refractivity contribution in [2.24, 2.45) is 0 Å². The number of amides is 4. The number of anilines is 1. The summed E-state index contributed by atoms with van der Waals surface area (Å²) in [4.78, 5) is 42.1. The van der Waals surface area contributed by atoms with E-state index >= 15 is 0 Å². The number of thioether (sulfide) groups is 1. The van der Waals surface area contributed by atoms with Crippen molar-refractivity contribution in [2.75, 3.05) is 18.0 Å². The number of benzene rings is 1. The zero-order chi connectivity index (χ0) is 19.0. The fraction of sp³-hybridized carbons (Fsp3) is 0.550. The topological polar surface area (TPSA) is 69.7 Å². The molecule has 0 radical (unpaired) electrons. The lowest BCUT2D eigenvalue weighted by Crippen LogP contribution is -2.44. The smallest absolute Gasteiger partial charge is 0.323 e. The predicted molar refractivity (Wildman–Crippen MR) is 105 cm³/mol. The summed E-state index contributed by atoms with van der Waals surface area (Å²) < 4.78 is 0. The van der Waals surface area contributed by atoms with Crippen LogP contribution in [0.1, 0.15) is 45.4 Å². The average molecular weight is 388 g/mol. The van der Waals surface area contributed by atoms with Crippen molar-refractivity contribution < 1.29 is 14.4 Å². The Kier molecular flexibility index (Phi) is 4.88. The van der Waals surface area contributed by atoms with Gasteiger partial charge >= 0.3 is 6.03 Å². The van der Waals surface area contributed by atoms with Crippen LogP contribution in [0.3, 0.4) is 0 Å². The lowest BCUT2D eigenvalue weighted by atomic mass is 9.98. The minimum absolute atomic E-state index is 0.0369. The summed E-state index contributed by atoms with van der Waals surface area (Å²) in [6, 6.07) is 7.59. The van der Waals surface area contributed by atoms with Crippen LogP contribution in [0.15, 0.2) is 29.2 Å². The molecule has 0 aromatic heterocycles. The molecule has 6 nitrogen and oxygen atoms in total. The Balaban J connectivity index is 1.45. The highest BCUT2D eigenvalue weighted by atomic mass is 32.2. The van der Waals surface area contributed by atoms with E-state index in [0.29, 0.717) is 24.6 Å². The number of hydrogen-bond acceptors (Lipinski definition) is 4. The molecule has 2 aliphatic heterocycles. The Morgan fingerprint density at radius 1 is 1.26 bits per heavy atom. The first-order valence-electron chi connectivity index (χ1n) is 9.70. The molecule has 4 rings (SSSR count). The first-order valence-corrected chi connectivity index (χ1v) is 10.6. The Bertz CT molecular complexity index is 775. The number of carbonyl (C=O) groups excluding carboxylic acids is 3. The van der Waals surface area contributed by atoms with Crippen LogP contribution in [-0.4, -0.2) is 46.6 Å². The first-order chi connectivity index (χ1) is 13.0. The zero-order valence-corrected chi connectivity index (χ0v) is 16.4. The average Bonchev–Trinajstić information content (AvgIpc) is 3.15. The fourth-order valence-electron chi connectivity index (χ4n) is 4.29. The van der Waals surface area contributed by atoms with E-state index in [-0.39, 0.29) is 30.8 Å². The van der Waals surface area contributed by atoms with Gasteiger partial charge in [-0.2, -0.15) is 0 Å². The van der Waals surface area contributed by atoms with E-state index < -0.39 is 5.54 Å². The van der Waals surface area contributed by atoms with Gasteiger partial charge in [0.25, 0.3) is 5.91 Å². The number of carbonyl (C=O) groups is 3. The number of rotatable bonds is 3. The van der Waals surface area contributed by atoms with E-state index in [4.69, 9.17) is 0 Å². The molecule has 144 valence electrons. The first kappa shape index (κ1) is 18.3. The van der Waals surface area contributed by atoms with E-state index in [9.17, 15) is 14.4 Å². The summed E-state index contributed by atoms with van der Waals surface area (Å²) in [7, 11) is 0. The third kappa shape index (κ3) is 3.33. The number of hydrogen-bond donors (Lipinski definition) is 1. The minimum Gasteiger partial charge on any atom is -0.323 e. The highest BCUT2D eigenvalue weighted by Gasteiger charge is 2.52. The third-order valence-electron chi connectivity index (χ3n) is 5.80. The van der Waals surface area contributed by atoms with E-state index in [1.807, 2.05) is 29.2 Å². The molecular weight excluding hydrogens is 362 g/mol. The molecular formula is C20H25N3O3S. The van der Waals surface area contributed by atoms with Crippen LogP contribution in [0.5, 0.6) is 0 Å². The number of fused-ring (bicyclic) bond motifs is 1. The van der Waals surface area contributed by atoms with Gasteiger partial charge in [-0.3, -0.25) is 14.5 Å². The maximum atomic E-state index is 13.0. The standard InChI is InChI=1S/C20H25N3O3S/c1-14-8-12-22(15-6-2-3-7-16(15)27-14)17(24)9-13-23-18(25)20(21-19(23)26)10-4-5-11-20/h2-3,6-7,14H,4-5,8-13H2,1H3,(H,21,26)/t14-/m0/s1. The van der Waals surface area contributed by atoms with Gasteiger partial charge in [0.2, 0.25) is 5.91 Å². The third-order valence-corrected chi connectivity index (χ3v) is 7.03. The van der Waals surface area contributed by atoms with Crippen molar-refractivity contribution in [3.63, 3.8) is 0 Å². The number of urea groups is 1. The highest BCUT2D eigenvalue weighted by Crippen LogP contribution is 2.38. The molecule has 1 aliphatic carbocycles. The van der Waals surface area contributed by atoms with Gasteiger partial charge in [-0.25, -0.2) is 4.79 Å². The molecule has 27 heavy (non-hydrogen) atoms. The molecule has 1 atom stereocenters. The second-order valence-corrected chi connectivity index (χ2v) is 9.14. The molecule has 7 heteroatoms. The lowest BCUT2D eigenvalue weighted by Gasteiger charge is -2.24. The zero-order valence-electron chi connectivity index (χ0n) is 15.6. The lowest BCUT2D eigenvalue weighted by molar-refractivity contribution is -0.131. The van der Waals surface area contributed by atoms with Gasteiger partial charge in [0.05, 0.1) is 5.69 Å². The van der Waals surface area contributed by atoms with Crippen molar-refractivity contribution in [3.05, 3.63) is 24.3 Å². The Morgan fingerprint density at radius 2 is 2.00 bits per heavy atom. The number of nitrogens with one attached hydrogen (secondary N) is 1. The van der Waals surface area contributed by atoms with Crippen molar-refractivity contribution in [3.8, 4) is 0 Å². The second kappa shape index (κ2) is 7.19. The molecule has 1 saturated carbocycles. The number of imide groups is 1. The summed E-state index contributed by atoms with van der Waals surface area (Å²) in [6.07, 6.45) is 4.39. The Hall–Kier alpha value is -2.02. The molecule has 2 fully saturated rings. The molecule has 1 N–H and O–H groups in total. The van der Waals surface area contributed by atoms with Gasteiger partial charge in [-0.1, -0.05) is 31.9 Å². The van der Waals surface area contributed by atoms with Crippen molar-refractivity contribution in [2.45, 2.75) is 61.1 Å². The molecule has 4 amide bonds. The van der Waals surface area contributed by atoms with Gasteiger partial charge in [0, 0.05) is 29.7 Å². The molecule has 0 bridgehead atoms. The van der Waals surface area contributed by atoms with Crippen molar-refractivity contribution >= 4 is 35.3 Å². The summed E-state index contributed by atoms with van der Waals surface area (Å²) in [5, 5.41) is 3.31. The SMILES string of the molecule is C[C@H]1CCN(C(=O)CCN2C(=O)NC3(CCCC3)C2=O)c2ccccc2S1. The largest absolute Gasteiger partial charge is 0.325 e. The van der Waals surface area contributed by atoms with Crippen LogP contribution in [0.4, 0.5) is 10.5 Å². The maximum absolute atomic E-state index is 13.0. The monoisotopic (exact) mass is 387 g/mol. The summed E-state index contributed by atoms with van der Waals surface area (Å²) in [5.41, 5.74) is 0.225. The summed E-state index contributed by atoms with van der Waals surface area (Å²) in [5.74, 6) is -0.191. The molecule has 2 heterocycles. The van der Waals surface area contributed by atoms with Crippen molar-refractivity contribution in [1.29, 1.82) is 0 Å². The Labute approximate surface area is 163 Å². The molecule has 3 aliphatic rings. The molecule has 1 aromatic rings. The van der Waals surface area contributed by atoms with Gasteiger partial charge in [0.15, 0.2) is 0 Å². The predicted octanol–water partition coefficient (Wildman–Crippen LogP) is 3.16. The van der Waals surface area contributed by atoms with Crippen LogP contribution < -0.4 is 10.2 Å². The summed E-state index contributed by atoms with van der Waals surface area (Å²) >= 11 is 1.79. The summed E-state index contributed by atoms with van der Waals surface area (Å²) in [6.45, 7) is 2.98. The van der Waals surface area contributed by atoms with Crippen LogP contribution >= 0.6 is 11.8 Å². The molecule has 1 spiro atoms. The number of nitrogens with zero attached hydrogens (tertiary/aromatic N) is 2. The van der Waals surface area contributed by atoms with E-state index in [0.717, 1.165) is 29.8 Å². The molecule has 1 aromatic carbocycles. The quantitative estimate of drug-likeness (QED) is 0.809. The normalized spacial score (nSPS) is 24.1. The van der Waals surface area contributed by atoms with Crippen LogP contribution in [0.2, 0.25) is 0 Å². The Morgan fingerprint density at radius 3 is 2.78 bits per heavy atom. The van der Waals surface area contributed by atoms with Crippen LogP contribution in [-0.2, 0) is 9.59 Å². The van der Waals surface area contributed by atoms with E-state index in [1.54, 1.807) is 11.8 Å². The second-order valence-electron chi connectivity index (χ2n) is 7.66. The fourth-order valence-corrected chi connectivity index (χ4v) is 5.40. The van der Waals surface area contributed by atoms with Gasteiger partial charge in [-0.15, -0.1) is 11.8 Å². The van der Waals surface area contributed by atoms with E-state index in [2.05, 4.69) is 12.2 Å². The highest BCUT2D eigenvalue weighted by molar-refractivity contribution is 8.00. The van der Waals surface area contributed by atoms with Crippen molar-refractivity contribution in [1.82, 2.24) is 10.2 Å². The van der Waals surface area contributed by atoms with Crippen LogP contribution in [0, 0.1) is 0 Å². The van der Waals surface area contributed by atoms with Crippen LogP contribution in [0.25, 0.3) is 0 Å². The van der Waals surface area contributed by atoms with Gasteiger partial charge in [-0.05, 0) is 31.4 Å². The molecule has 0 unspecified atom stereocenters. The molecule has 1 saturated heterocycles. The van der Waals surface area contributed by atoms with Gasteiger partial charge < -0.3 is 10.2 Å². The number of para-hydroxylation sites is 1. The maximum Gasteiger partial charge on any atom is 0.325 e. The minimum atomic E-state index is -0.707. The van der Waals surface area contributed by atoms with Gasteiger partial charge in [0.1, 0.15) is 5.54 Å².